The van der Waals surface area contributed by atoms with Gasteiger partial charge in [0.2, 0.25) is 0 Å². The first kappa shape index (κ1) is 15.5. The largest absolute Gasteiger partial charge is 0.351 e. The normalized spacial score (nSPS) is 17.4. The van der Waals surface area contributed by atoms with Crippen molar-refractivity contribution in [2.45, 2.75) is 12.5 Å². The Morgan fingerprint density at radius 3 is 3.00 bits per heavy atom. The summed E-state index contributed by atoms with van der Waals surface area (Å²) in [6.07, 6.45) is 2.81. The smallest absolute Gasteiger partial charge is 0.270 e. The lowest BCUT2D eigenvalue weighted by Crippen LogP contribution is -2.29. The monoisotopic (exact) mass is 364 g/mol. The molecule has 26 heavy (non-hydrogen) atoms. The number of fused-ring (bicyclic) bond motifs is 2. The second kappa shape index (κ2) is 5.88. The predicted octanol–water partition coefficient (Wildman–Crippen LogP) is 4.26. The van der Waals surface area contributed by atoms with Gasteiger partial charge in [-0.25, -0.2) is 4.98 Å². The molecular weight excluding hydrogens is 348 g/mol. The van der Waals surface area contributed by atoms with Gasteiger partial charge in [-0.1, -0.05) is 23.7 Å². The first-order chi connectivity index (χ1) is 12.7. The standard InChI is InChI=1S/C20H17ClN4O/c21-14-5-6-16-13(9-14)10-18(23-16)20(26)24-8-7-15(11-24)25-12-22-17-3-1-2-4-19(17)25/h1-6,9-10,12,15,23H,7-8,11H2. The molecule has 6 heteroatoms. The van der Waals surface area contributed by atoms with Crippen LogP contribution in [-0.4, -0.2) is 38.4 Å². The number of nitrogens with one attached hydrogen (secondary N) is 1. The van der Waals surface area contributed by atoms with Gasteiger partial charge in [0.05, 0.1) is 23.4 Å². The second-order valence-corrected chi connectivity index (χ2v) is 7.19. The third-order valence-electron chi connectivity index (χ3n) is 5.14. The van der Waals surface area contributed by atoms with E-state index in [0.717, 1.165) is 34.9 Å². The molecule has 0 saturated carbocycles. The SMILES string of the molecule is O=C(c1cc2cc(Cl)ccc2[nH]1)N1CCC(n2cnc3ccccc32)C1. The summed E-state index contributed by atoms with van der Waals surface area (Å²) in [4.78, 5) is 22.5. The van der Waals surface area contributed by atoms with Crippen molar-refractivity contribution < 1.29 is 4.79 Å². The van der Waals surface area contributed by atoms with E-state index >= 15 is 0 Å². The van der Waals surface area contributed by atoms with Gasteiger partial charge in [0.25, 0.3) is 5.91 Å². The minimum atomic E-state index is 0.0317. The third kappa shape index (κ3) is 2.47. The van der Waals surface area contributed by atoms with Crippen LogP contribution in [0.4, 0.5) is 0 Å². The number of imidazole rings is 1. The van der Waals surface area contributed by atoms with E-state index in [4.69, 9.17) is 11.6 Å². The topological polar surface area (TPSA) is 53.9 Å². The molecule has 0 spiro atoms. The molecule has 1 saturated heterocycles. The number of nitrogens with zero attached hydrogens (tertiary/aromatic N) is 3. The zero-order chi connectivity index (χ0) is 17.7. The molecule has 2 aromatic carbocycles. The van der Waals surface area contributed by atoms with Crippen LogP contribution < -0.4 is 0 Å². The highest BCUT2D eigenvalue weighted by molar-refractivity contribution is 6.31. The molecule has 2 aromatic heterocycles. The second-order valence-electron chi connectivity index (χ2n) is 6.75. The number of carbonyl (C=O) groups is 1. The van der Waals surface area contributed by atoms with Crippen LogP contribution in [0, 0.1) is 0 Å². The highest BCUT2D eigenvalue weighted by Gasteiger charge is 2.29. The number of hydrogen-bond donors (Lipinski definition) is 1. The van der Waals surface area contributed by atoms with E-state index in [2.05, 4.69) is 20.6 Å². The Morgan fingerprint density at radius 1 is 1.19 bits per heavy atom. The molecule has 0 radical (unpaired) electrons. The highest BCUT2D eigenvalue weighted by atomic mass is 35.5. The van der Waals surface area contributed by atoms with E-state index in [-0.39, 0.29) is 11.9 Å². The Kier molecular flexibility index (Phi) is 3.50. The molecule has 1 fully saturated rings. The summed E-state index contributed by atoms with van der Waals surface area (Å²) in [5.41, 5.74) is 3.64. The lowest BCUT2D eigenvalue weighted by molar-refractivity contribution is 0.0783. The Labute approximate surface area is 155 Å². The number of aromatic nitrogens is 3. The van der Waals surface area contributed by atoms with E-state index in [1.165, 1.54) is 0 Å². The van der Waals surface area contributed by atoms with Gasteiger partial charge in [-0.15, -0.1) is 0 Å². The van der Waals surface area contributed by atoms with Crippen LogP contribution in [-0.2, 0) is 0 Å². The Hall–Kier alpha value is -2.79. The van der Waals surface area contributed by atoms with E-state index in [9.17, 15) is 4.79 Å². The van der Waals surface area contributed by atoms with Gasteiger partial charge in [-0.05, 0) is 42.8 Å². The molecule has 1 aliphatic heterocycles. The maximum absolute atomic E-state index is 12.9. The van der Waals surface area contributed by atoms with Gasteiger partial charge in [-0.2, -0.15) is 0 Å². The Bertz CT molecular complexity index is 1130. The van der Waals surface area contributed by atoms with Gasteiger partial charge in [-0.3, -0.25) is 4.79 Å². The predicted molar refractivity (Wildman–Crippen MR) is 103 cm³/mol. The van der Waals surface area contributed by atoms with Gasteiger partial charge < -0.3 is 14.5 Å². The maximum atomic E-state index is 12.9. The molecule has 5 rings (SSSR count). The van der Waals surface area contributed by atoms with E-state index in [1.54, 1.807) is 0 Å². The summed E-state index contributed by atoms with van der Waals surface area (Å²) in [5.74, 6) is 0.0317. The molecule has 3 heterocycles. The summed E-state index contributed by atoms with van der Waals surface area (Å²) in [6, 6.07) is 15.8. The minimum absolute atomic E-state index is 0.0317. The van der Waals surface area contributed by atoms with Crippen LogP contribution in [0.25, 0.3) is 21.9 Å². The lowest BCUT2D eigenvalue weighted by atomic mass is 10.2. The molecule has 5 nitrogen and oxygen atoms in total. The van der Waals surface area contributed by atoms with E-state index in [1.807, 2.05) is 53.7 Å². The molecular formula is C20H17ClN4O. The molecule has 1 aliphatic rings. The van der Waals surface area contributed by atoms with Crippen molar-refractivity contribution in [2.75, 3.05) is 13.1 Å². The number of halogens is 1. The zero-order valence-electron chi connectivity index (χ0n) is 14.0. The molecule has 1 atom stereocenters. The fraction of sp³-hybridized carbons (Fsp3) is 0.200. The fourth-order valence-electron chi connectivity index (χ4n) is 3.81. The summed E-state index contributed by atoms with van der Waals surface area (Å²) in [7, 11) is 0. The van der Waals surface area contributed by atoms with Crippen molar-refractivity contribution in [3.63, 3.8) is 0 Å². The Balaban J connectivity index is 1.40. The van der Waals surface area contributed by atoms with Crippen LogP contribution in [0.3, 0.4) is 0 Å². The van der Waals surface area contributed by atoms with Crippen molar-refractivity contribution in [2.24, 2.45) is 0 Å². The number of carbonyl (C=O) groups excluding carboxylic acids is 1. The van der Waals surface area contributed by atoms with Crippen LogP contribution in [0.1, 0.15) is 23.0 Å². The molecule has 0 bridgehead atoms. The number of H-pyrrole nitrogens is 1. The summed E-state index contributed by atoms with van der Waals surface area (Å²) in [5, 5.41) is 1.63. The number of rotatable bonds is 2. The number of hydrogen-bond acceptors (Lipinski definition) is 2. The quantitative estimate of drug-likeness (QED) is 0.578. The fourth-order valence-corrected chi connectivity index (χ4v) is 3.99. The number of amides is 1. The Morgan fingerprint density at radius 2 is 2.08 bits per heavy atom. The molecule has 1 amide bonds. The first-order valence-electron chi connectivity index (χ1n) is 8.68. The van der Waals surface area contributed by atoms with Crippen molar-refractivity contribution >= 4 is 39.4 Å². The zero-order valence-corrected chi connectivity index (χ0v) is 14.8. The van der Waals surface area contributed by atoms with Gasteiger partial charge >= 0.3 is 0 Å². The summed E-state index contributed by atoms with van der Waals surface area (Å²) in [6.45, 7) is 1.43. The average molecular weight is 365 g/mol. The lowest BCUT2D eigenvalue weighted by Gasteiger charge is -2.16. The average Bonchev–Trinajstić information content (AvgIpc) is 3.37. The van der Waals surface area contributed by atoms with Crippen LogP contribution in [0.5, 0.6) is 0 Å². The van der Waals surface area contributed by atoms with Gasteiger partial charge in [0, 0.05) is 29.0 Å². The van der Waals surface area contributed by atoms with Crippen LogP contribution in [0.15, 0.2) is 54.9 Å². The molecule has 130 valence electrons. The number of likely N-dealkylation sites (tertiary alicyclic amines) is 1. The molecule has 0 aliphatic carbocycles. The van der Waals surface area contributed by atoms with Crippen LogP contribution in [0.2, 0.25) is 5.02 Å². The van der Waals surface area contributed by atoms with Crippen LogP contribution >= 0.6 is 11.6 Å². The minimum Gasteiger partial charge on any atom is -0.351 e. The van der Waals surface area contributed by atoms with Crippen molar-refractivity contribution in [3.05, 3.63) is 65.6 Å². The molecule has 1 unspecified atom stereocenters. The third-order valence-corrected chi connectivity index (χ3v) is 5.37. The van der Waals surface area contributed by atoms with Crippen molar-refractivity contribution in [3.8, 4) is 0 Å². The van der Waals surface area contributed by atoms with Gasteiger partial charge in [0.15, 0.2) is 0 Å². The van der Waals surface area contributed by atoms with E-state index < -0.39 is 0 Å². The number of para-hydroxylation sites is 2. The first-order valence-corrected chi connectivity index (χ1v) is 9.06. The summed E-state index contributed by atoms with van der Waals surface area (Å²) < 4.78 is 2.19. The van der Waals surface area contributed by atoms with Crippen molar-refractivity contribution in [1.82, 2.24) is 19.4 Å². The molecule has 1 N–H and O–H groups in total. The number of benzene rings is 2. The highest BCUT2D eigenvalue weighted by Crippen LogP contribution is 2.28. The number of aromatic amines is 1. The summed E-state index contributed by atoms with van der Waals surface area (Å²) >= 11 is 6.04. The van der Waals surface area contributed by atoms with Crippen molar-refractivity contribution in [1.29, 1.82) is 0 Å². The van der Waals surface area contributed by atoms with E-state index in [0.29, 0.717) is 17.3 Å². The van der Waals surface area contributed by atoms with Gasteiger partial charge in [0.1, 0.15) is 5.69 Å². The molecule has 4 aromatic rings. The maximum Gasteiger partial charge on any atom is 0.270 e.